The van der Waals surface area contributed by atoms with Crippen LogP contribution in [0.5, 0.6) is 0 Å². The summed E-state index contributed by atoms with van der Waals surface area (Å²) in [5, 5.41) is 0. The van der Waals surface area contributed by atoms with Crippen LogP contribution in [0.3, 0.4) is 0 Å². The third-order valence-corrected chi connectivity index (χ3v) is 1.03. The normalized spacial score (nSPS) is 8.82. The Kier molecular flexibility index (Phi) is 3.95. The molecule has 11 heavy (non-hydrogen) atoms. The van der Waals surface area contributed by atoms with Crippen LogP contribution in [-0.4, -0.2) is 12.1 Å². The van der Waals surface area contributed by atoms with E-state index in [4.69, 9.17) is 0 Å². The number of nitrogens with two attached hydrogens (primary N) is 1. The smallest absolute Gasteiger partial charge is 0.373 e. The largest absolute Gasteiger partial charge is 0.412 e. The van der Waals surface area contributed by atoms with Gasteiger partial charge >= 0.3 is 12.1 Å². The standard InChI is InChI=1S/C7H11NO3/c1-3-4-5(2)6(9)11-7(8)10/h2-4H2,1H3,(H2,8,10). The number of carbonyl (C=O) groups excluding carboxylic acids is 2. The number of primary amides is 1. The van der Waals surface area contributed by atoms with Gasteiger partial charge in [0.2, 0.25) is 0 Å². The fourth-order valence-electron chi connectivity index (χ4n) is 0.567. The molecule has 0 aliphatic heterocycles. The Morgan fingerprint density at radius 3 is 2.45 bits per heavy atom. The second-order valence-corrected chi connectivity index (χ2v) is 2.06. The Hall–Kier alpha value is -1.32. The molecule has 0 unspecified atom stereocenters. The summed E-state index contributed by atoms with van der Waals surface area (Å²) in [4.78, 5) is 20.8. The van der Waals surface area contributed by atoms with Crippen molar-refractivity contribution in [1.82, 2.24) is 0 Å². The molecule has 0 saturated heterocycles. The molecule has 0 fully saturated rings. The van der Waals surface area contributed by atoms with E-state index in [2.05, 4.69) is 17.0 Å². The van der Waals surface area contributed by atoms with Gasteiger partial charge in [-0.2, -0.15) is 0 Å². The minimum atomic E-state index is -1.09. The van der Waals surface area contributed by atoms with Crippen molar-refractivity contribution in [2.24, 2.45) is 5.73 Å². The summed E-state index contributed by atoms with van der Waals surface area (Å²) in [5.74, 6) is -0.737. The number of hydrogen-bond acceptors (Lipinski definition) is 3. The zero-order chi connectivity index (χ0) is 8.85. The maximum Gasteiger partial charge on any atom is 0.412 e. The predicted molar refractivity (Wildman–Crippen MR) is 39.7 cm³/mol. The fourth-order valence-corrected chi connectivity index (χ4v) is 0.567. The average molecular weight is 157 g/mol. The molecule has 0 atom stereocenters. The van der Waals surface area contributed by atoms with Crippen molar-refractivity contribution in [2.45, 2.75) is 19.8 Å². The van der Waals surface area contributed by atoms with Crippen LogP contribution in [0.25, 0.3) is 0 Å². The molecule has 0 aliphatic rings. The Morgan fingerprint density at radius 1 is 1.55 bits per heavy atom. The first-order chi connectivity index (χ1) is 5.07. The van der Waals surface area contributed by atoms with Gasteiger partial charge in [0.15, 0.2) is 0 Å². The lowest BCUT2D eigenvalue weighted by atomic mass is 10.2. The van der Waals surface area contributed by atoms with E-state index in [1.807, 2.05) is 6.92 Å². The van der Waals surface area contributed by atoms with E-state index in [9.17, 15) is 9.59 Å². The van der Waals surface area contributed by atoms with Gasteiger partial charge in [-0.1, -0.05) is 19.9 Å². The number of rotatable bonds is 3. The van der Waals surface area contributed by atoms with Crippen LogP contribution in [0.15, 0.2) is 12.2 Å². The number of ether oxygens (including phenoxy) is 1. The zero-order valence-electron chi connectivity index (χ0n) is 6.42. The molecular formula is C7H11NO3. The molecule has 4 nitrogen and oxygen atoms in total. The molecule has 0 aliphatic carbocycles. The molecule has 0 rings (SSSR count). The maximum atomic E-state index is 10.7. The van der Waals surface area contributed by atoms with Gasteiger partial charge in [0.1, 0.15) is 0 Å². The number of hydrogen-bond donors (Lipinski definition) is 1. The molecule has 2 N–H and O–H groups in total. The van der Waals surface area contributed by atoms with Crippen molar-refractivity contribution in [3.05, 3.63) is 12.2 Å². The van der Waals surface area contributed by atoms with E-state index in [-0.39, 0.29) is 5.57 Å². The Morgan fingerprint density at radius 2 is 2.09 bits per heavy atom. The molecule has 0 radical (unpaired) electrons. The molecule has 0 heterocycles. The highest BCUT2D eigenvalue weighted by Crippen LogP contribution is 2.03. The third-order valence-electron chi connectivity index (χ3n) is 1.03. The van der Waals surface area contributed by atoms with Gasteiger partial charge in [-0.3, -0.25) is 0 Å². The SMILES string of the molecule is C=C(CCC)C(=O)OC(N)=O. The minimum Gasteiger partial charge on any atom is -0.373 e. The Balaban J connectivity index is 3.83. The highest BCUT2D eigenvalue weighted by atomic mass is 16.6. The lowest BCUT2D eigenvalue weighted by Gasteiger charge is -2.00. The zero-order valence-corrected chi connectivity index (χ0v) is 6.42. The van der Waals surface area contributed by atoms with Crippen molar-refractivity contribution in [3.63, 3.8) is 0 Å². The van der Waals surface area contributed by atoms with Crippen molar-refractivity contribution < 1.29 is 14.3 Å². The quantitative estimate of drug-likeness (QED) is 0.377. The van der Waals surface area contributed by atoms with E-state index in [0.717, 1.165) is 6.42 Å². The molecule has 4 heteroatoms. The first-order valence-electron chi connectivity index (χ1n) is 3.27. The number of amides is 1. The third kappa shape index (κ3) is 4.13. The Labute approximate surface area is 65.0 Å². The highest BCUT2D eigenvalue weighted by Gasteiger charge is 2.09. The van der Waals surface area contributed by atoms with Gasteiger partial charge < -0.3 is 10.5 Å². The second kappa shape index (κ2) is 4.49. The predicted octanol–water partition coefficient (Wildman–Crippen LogP) is 0.965. The molecule has 0 spiro atoms. The lowest BCUT2D eigenvalue weighted by molar-refractivity contribution is -0.132. The highest BCUT2D eigenvalue weighted by molar-refractivity contribution is 5.94. The Bertz CT molecular complexity index is 186. The summed E-state index contributed by atoms with van der Waals surface area (Å²) in [6.07, 6.45) is 0.214. The molecule has 62 valence electrons. The molecule has 0 bridgehead atoms. The number of carbonyl (C=O) groups is 2. The van der Waals surface area contributed by atoms with Crippen LogP contribution in [0, 0.1) is 0 Å². The molecule has 0 saturated carbocycles. The molecule has 0 aromatic rings. The first kappa shape index (κ1) is 9.68. The van der Waals surface area contributed by atoms with E-state index in [1.54, 1.807) is 0 Å². The van der Waals surface area contributed by atoms with E-state index >= 15 is 0 Å². The van der Waals surface area contributed by atoms with E-state index in [1.165, 1.54) is 0 Å². The van der Waals surface area contributed by atoms with Gasteiger partial charge in [0.25, 0.3) is 0 Å². The minimum absolute atomic E-state index is 0.270. The van der Waals surface area contributed by atoms with Gasteiger partial charge in [-0.05, 0) is 6.42 Å². The van der Waals surface area contributed by atoms with Crippen LogP contribution in [-0.2, 0) is 9.53 Å². The van der Waals surface area contributed by atoms with Gasteiger partial charge in [-0.25, -0.2) is 9.59 Å². The van der Waals surface area contributed by atoms with E-state index < -0.39 is 12.1 Å². The topological polar surface area (TPSA) is 69.4 Å². The monoisotopic (exact) mass is 157 g/mol. The number of esters is 1. The van der Waals surface area contributed by atoms with Crippen molar-refractivity contribution in [2.75, 3.05) is 0 Å². The summed E-state index contributed by atoms with van der Waals surface area (Å²) in [6.45, 7) is 5.31. The van der Waals surface area contributed by atoms with Crippen LogP contribution in [0.4, 0.5) is 4.79 Å². The van der Waals surface area contributed by atoms with Gasteiger partial charge in [0.05, 0.1) is 0 Å². The molecular weight excluding hydrogens is 146 g/mol. The summed E-state index contributed by atoms with van der Waals surface area (Å²) in [7, 11) is 0. The summed E-state index contributed by atoms with van der Waals surface area (Å²) >= 11 is 0. The molecule has 1 amide bonds. The molecule has 0 aromatic carbocycles. The van der Waals surface area contributed by atoms with Gasteiger partial charge in [-0.15, -0.1) is 0 Å². The van der Waals surface area contributed by atoms with Gasteiger partial charge in [0, 0.05) is 5.57 Å². The van der Waals surface area contributed by atoms with Crippen molar-refractivity contribution >= 4 is 12.1 Å². The first-order valence-corrected chi connectivity index (χ1v) is 3.27. The lowest BCUT2D eigenvalue weighted by Crippen LogP contribution is -2.19. The summed E-state index contributed by atoms with van der Waals surface area (Å²) in [5.41, 5.74) is 4.87. The second-order valence-electron chi connectivity index (χ2n) is 2.06. The summed E-state index contributed by atoms with van der Waals surface area (Å²) < 4.78 is 4.06. The van der Waals surface area contributed by atoms with Crippen LogP contribution in [0.2, 0.25) is 0 Å². The average Bonchev–Trinajstić information content (AvgIpc) is 1.86. The van der Waals surface area contributed by atoms with Crippen LogP contribution >= 0.6 is 0 Å². The van der Waals surface area contributed by atoms with E-state index in [0.29, 0.717) is 6.42 Å². The molecule has 0 aromatic heterocycles. The van der Waals surface area contributed by atoms with Crippen LogP contribution < -0.4 is 5.73 Å². The summed E-state index contributed by atoms with van der Waals surface area (Å²) in [6, 6.07) is 0. The van der Waals surface area contributed by atoms with Crippen LogP contribution in [0.1, 0.15) is 19.8 Å². The maximum absolute atomic E-state index is 10.7. The fraction of sp³-hybridized carbons (Fsp3) is 0.429. The van der Waals surface area contributed by atoms with Crippen molar-refractivity contribution in [1.29, 1.82) is 0 Å². The van der Waals surface area contributed by atoms with Crippen molar-refractivity contribution in [3.8, 4) is 0 Å².